The molecule has 1 amide bonds. The van der Waals surface area contributed by atoms with Crippen LogP contribution in [0.4, 0.5) is 0 Å². The van der Waals surface area contributed by atoms with Gasteiger partial charge in [0, 0.05) is 0 Å². The van der Waals surface area contributed by atoms with Crippen LogP contribution >= 0.6 is 0 Å². The van der Waals surface area contributed by atoms with Crippen LogP contribution in [0.25, 0.3) is 0 Å². The fraction of sp³-hybridized carbons (Fsp3) is 0.429. The third kappa shape index (κ3) is 2.07. The highest BCUT2D eigenvalue weighted by molar-refractivity contribution is 5.86. The number of primary amides is 1. The van der Waals surface area contributed by atoms with E-state index >= 15 is 0 Å². The Morgan fingerprint density at radius 2 is 2.18 bits per heavy atom. The van der Waals surface area contributed by atoms with Crippen molar-refractivity contribution in [3.63, 3.8) is 0 Å². The zero-order chi connectivity index (χ0) is 8.43. The summed E-state index contributed by atoms with van der Waals surface area (Å²) in [5.74, 6) is -1.62. The van der Waals surface area contributed by atoms with Gasteiger partial charge < -0.3 is 10.8 Å². The molecule has 0 unspecified atom stereocenters. The van der Waals surface area contributed by atoms with Gasteiger partial charge in [-0.1, -0.05) is 6.08 Å². The molecule has 11 heavy (non-hydrogen) atoms. The largest absolute Gasteiger partial charge is 0.481 e. The smallest absolute Gasteiger partial charge is 0.307 e. The standard InChI is InChI=1S/C7H9NO3/c8-6(9)2-1-4-3-5(4)7(10)11/h1-2,4-5H,3H2,(H2,8,9)(H,10,11)/b2-1+/t4-,5-/m0/s1. The zero-order valence-corrected chi connectivity index (χ0v) is 5.86. The van der Waals surface area contributed by atoms with Gasteiger partial charge in [-0.2, -0.15) is 0 Å². The molecule has 2 atom stereocenters. The summed E-state index contributed by atoms with van der Waals surface area (Å²) >= 11 is 0. The van der Waals surface area contributed by atoms with Crippen molar-refractivity contribution in [1.82, 2.24) is 0 Å². The summed E-state index contributed by atoms with van der Waals surface area (Å²) in [6.45, 7) is 0. The second-order valence-electron chi connectivity index (χ2n) is 2.61. The van der Waals surface area contributed by atoms with Gasteiger partial charge in [-0.15, -0.1) is 0 Å². The van der Waals surface area contributed by atoms with Crippen molar-refractivity contribution >= 4 is 11.9 Å². The average molecular weight is 155 g/mol. The van der Waals surface area contributed by atoms with Crippen LogP contribution in [0, 0.1) is 11.8 Å². The molecule has 1 fully saturated rings. The van der Waals surface area contributed by atoms with E-state index in [0.29, 0.717) is 6.42 Å². The van der Waals surface area contributed by atoms with Crippen LogP contribution < -0.4 is 5.73 Å². The monoisotopic (exact) mass is 155 g/mol. The van der Waals surface area contributed by atoms with Crippen molar-refractivity contribution in [2.75, 3.05) is 0 Å². The molecular formula is C7H9NO3. The first-order valence-electron chi connectivity index (χ1n) is 3.31. The number of carbonyl (C=O) groups excluding carboxylic acids is 1. The third-order valence-electron chi connectivity index (χ3n) is 1.66. The Labute approximate surface area is 63.7 Å². The molecule has 0 spiro atoms. The van der Waals surface area contributed by atoms with Crippen LogP contribution in [0.5, 0.6) is 0 Å². The van der Waals surface area contributed by atoms with Gasteiger partial charge in [-0.25, -0.2) is 0 Å². The number of aliphatic carboxylic acids is 1. The molecule has 0 saturated heterocycles. The molecule has 0 aromatic rings. The topological polar surface area (TPSA) is 80.4 Å². The second-order valence-corrected chi connectivity index (χ2v) is 2.61. The van der Waals surface area contributed by atoms with Gasteiger partial charge >= 0.3 is 5.97 Å². The van der Waals surface area contributed by atoms with Crippen molar-refractivity contribution in [3.8, 4) is 0 Å². The van der Waals surface area contributed by atoms with Gasteiger partial charge in [-0.3, -0.25) is 9.59 Å². The highest BCUT2D eigenvalue weighted by Crippen LogP contribution is 2.39. The van der Waals surface area contributed by atoms with Crippen LogP contribution in [0.15, 0.2) is 12.2 Å². The quantitative estimate of drug-likeness (QED) is 0.551. The molecule has 0 heterocycles. The van der Waals surface area contributed by atoms with E-state index in [-0.39, 0.29) is 11.8 Å². The van der Waals surface area contributed by atoms with Crippen LogP contribution in [0.2, 0.25) is 0 Å². The summed E-state index contributed by atoms with van der Waals surface area (Å²) in [5, 5.41) is 8.44. The molecular weight excluding hydrogens is 146 g/mol. The third-order valence-corrected chi connectivity index (χ3v) is 1.66. The second kappa shape index (κ2) is 2.74. The lowest BCUT2D eigenvalue weighted by Gasteiger charge is -1.84. The first-order chi connectivity index (χ1) is 5.11. The normalized spacial score (nSPS) is 28.7. The average Bonchev–Trinajstić information content (AvgIpc) is 2.61. The molecule has 4 nitrogen and oxygen atoms in total. The molecule has 3 N–H and O–H groups in total. The van der Waals surface area contributed by atoms with Crippen molar-refractivity contribution in [3.05, 3.63) is 12.2 Å². The Kier molecular flexibility index (Phi) is 1.94. The van der Waals surface area contributed by atoms with Gasteiger partial charge in [0.2, 0.25) is 5.91 Å². The van der Waals surface area contributed by atoms with E-state index in [2.05, 4.69) is 0 Å². The maximum absolute atomic E-state index is 10.3. The van der Waals surface area contributed by atoms with Crippen LogP contribution in [0.3, 0.4) is 0 Å². The maximum atomic E-state index is 10.3. The highest BCUT2D eigenvalue weighted by Gasteiger charge is 2.41. The fourth-order valence-corrected chi connectivity index (χ4v) is 0.930. The van der Waals surface area contributed by atoms with E-state index in [1.807, 2.05) is 0 Å². The molecule has 60 valence electrons. The first kappa shape index (κ1) is 7.78. The van der Waals surface area contributed by atoms with Crippen LogP contribution in [-0.2, 0) is 9.59 Å². The van der Waals surface area contributed by atoms with Crippen LogP contribution in [-0.4, -0.2) is 17.0 Å². The summed E-state index contributed by atoms with van der Waals surface area (Å²) in [5.41, 5.74) is 4.82. The van der Waals surface area contributed by atoms with E-state index in [4.69, 9.17) is 10.8 Å². The molecule has 1 saturated carbocycles. The molecule has 1 rings (SSSR count). The minimum absolute atomic E-state index is 0.0139. The Balaban J connectivity index is 2.34. The van der Waals surface area contributed by atoms with Crippen molar-refractivity contribution in [2.24, 2.45) is 17.6 Å². The number of carboxylic acid groups (broad SMARTS) is 1. The van der Waals surface area contributed by atoms with Gasteiger partial charge in [0.15, 0.2) is 0 Å². The number of allylic oxidation sites excluding steroid dienone is 1. The van der Waals surface area contributed by atoms with E-state index in [0.717, 1.165) is 0 Å². The van der Waals surface area contributed by atoms with E-state index in [1.54, 1.807) is 6.08 Å². The minimum Gasteiger partial charge on any atom is -0.481 e. The van der Waals surface area contributed by atoms with Crippen molar-refractivity contribution in [1.29, 1.82) is 0 Å². The minimum atomic E-state index is -0.802. The fourth-order valence-electron chi connectivity index (χ4n) is 0.930. The number of amides is 1. The SMILES string of the molecule is NC(=O)/C=C/[C@H]1C[C@@H]1C(=O)O. The number of rotatable bonds is 3. The molecule has 0 aliphatic heterocycles. The number of hydrogen-bond donors (Lipinski definition) is 2. The molecule has 0 radical (unpaired) electrons. The number of carbonyl (C=O) groups is 2. The Morgan fingerprint density at radius 1 is 1.55 bits per heavy atom. The highest BCUT2D eigenvalue weighted by atomic mass is 16.4. The summed E-state index contributed by atoms with van der Waals surface area (Å²) < 4.78 is 0. The Morgan fingerprint density at radius 3 is 2.55 bits per heavy atom. The number of carboxylic acids is 1. The Bertz CT molecular complexity index is 222. The van der Waals surface area contributed by atoms with E-state index < -0.39 is 11.9 Å². The van der Waals surface area contributed by atoms with Crippen LogP contribution in [0.1, 0.15) is 6.42 Å². The molecule has 1 aliphatic rings. The van der Waals surface area contributed by atoms with Crippen molar-refractivity contribution in [2.45, 2.75) is 6.42 Å². The zero-order valence-electron chi connectivity index (χ0n) is 5.86. The Hall–Kier alpha value is -1.32. The lowest BCUT2D eigenvalue weighted by atomic mass is 10.3. The van der Waals surface area contributed by atoms with Gasteiger partial charge in [-0.05, 0) is 18.4 Å². The van der Waals surface area contributed by atoms with E-state index in [1.165, 1.54) is 6.08 Å². The lowest BCUT2D eigenvalue weighted by molar-refractivity contribution is -0.138. The summed E-state index contributed by atoms with van der Waals surface area (Å²) in [6.07, 6.45) is 3.40. The predicted molar refractivity (Wildman–Crippen MR) is 37.6 cm³/mol. The number of nitrogens with two attached hydrogens (primary N) is 1. The number of hydrogen-bond acceptors (Lipinski definition) is 2. The first-order valence-corrected chi connectivity index (χ1v) is 3.31. The molecule has 0 aromatic carbocycles. The molecule has 0 aromatic heterocycles. The molecule has 4 heteroatoms. The predicted octanol–water partition coefficient (Wildman–Crippen LogP) is -0.251. The lowest BCUT2D eigenvalue weighted by Crippen LogP contribution is -2.06. The maximum Gasteiger partial charge on any atom is 0.307 e. The van der Waals surface area contributed by atoms with Gasteiger partial charge in [0.05, 0.1) is 5.92 Å². The molecule has 0 bridgehead atoms. The van der Waals surface area contributed by atoms with Crippen molar-refractivity contribution < 1.29 is 14.7 Å². The van der Waals surface area contributed by atoms with E-state index in [9.17, 15) is 9.59 Å². The van der Waals surface area contributed by atoms with Gasteiger partial charge in [0.1, 0.15) is 0 Å². The summed E-state index contributed by atoms with van der Waals surface area (Å²) in [7, 11) is 0. The van der Waals surface area contributed by atoms with Gasteiger partial charge in [0.25, 0.3) is 0 Å². The summed E-state index contributed by atoms with van der Waals surface area (Å²) in [4.78, 5) is 20.5. The summed E-state index contributed by atoms with van der Waals surface area (Å²) in [6, 6.07) is 0. The molecule has 1 aliphatic carbocycles.